The van der Waals surface area contributed by atoms with Crippen molar-refractivity contribution in [1.82, 2.24) is 4.90 Å². The maximum atomic E-state index is 14.6. The highest BCUT2D eigenvalue weighted by molar-refractivity contribution is 6.21. The quantitative estimate of drug-likeness (QED) is 0.538. The fourth-order valence-electron chi connectivity index (χ4n) is 7.71. The monoisotopic (exact) mass is 493 g/mol. The topological polar surface area (TPSA) is 87.7 Å². The van der Waals surface area contributed by atoms with Crippen LogP contribution >= 0.6 is 0 Å². The van der Waals surface area contributed by atoms with Gasteiger partial charge in [-0.05, 0) is 55.6 Å². The smallest absolute Gasteiger partial charge is 0.251 e. The minimum Gasteiger partial charge on any atom is -0.497 e. The molecule has 0 saturated carbocycles. The van der Waals surface area contributed by atoms with Gasteiger partial charge in [0.05, 0.1) is 13.0 Å². The van der Waals surface area contributed by atoms with Crippen LogP contribution in [0.2, 0.25) is 0 Å². The van der Waals surface area contributed by atoms with E-state index in [1.165, 1.54) is 0 Å². The SMILES string of the molecule is COc1cccc(C(=O)[C@@H]2[C@@H]3CCCN3[C@]3(C(=O)Nc4c(C)cccc43)[C@@]23C(=O)Nc2ccccc23)c1. The third kappa shape index (κ3) is 2.48. The molecule has 2 N–H and O–H groups in total. The third-order valence-electron chi connectivity index (χ3n) is 8.98. The molecule has 7 nitrogen and oxygen atoms in total. The number of hydrogen-bond acceptors (Lipinski definition) is 5. The highest BCUT2D eigenvalue weighted by Gasteiger charge is 2.81. The van der Waals surface area contributed by atoms with Crippen LogP contribution in [-0.2, 0) is 20.5 Å². The Labute approximate surface area is 214 Å². The maximum absolute atomic E-state index is 14.6. The molecule has 4 heterocycles. The number of fused-ring (bicyclic) bond motifs is 7. The van der Waals surface area contributed by atoms with Crippen LogP contribution in [0.15, 0.2) is 66.7 Å². The molecule has 2 amide bonds. The molecule has 4 atom stereocenters. The number of para-hydroxylation sites is 2. The summed E-state index contributed by atoms with van der Waals surface area (Å²) >= 11 is 0. The number of carbonyl (C=O) groups is 3. The van der Waals surface area contributed by atoms with Gasteiger partial charge in [-0.1, -0.05) is 48.5 Å². The van der Waals surface area contributed by atoms with Gasteiger partial charge in [0.15, 0.2) is 5.78 Å². The predicted molar refractivity (Wildman–Crippen MR) is 139 cm³/mol. The Hall–Kier alpha value is -3.97. The minimum atomic E-state index is -1.43. The number of ether oxygens (including phenoxy) is 1. The van der Waals surface area contributed by atoms with Crippen LogP contribution < -0.4 is 15.4 Å². The number of nitrogens with zero attached hydrogens (tertiary/aromatic N) is 1. The first-order valence-electron chi connectivity index (χ1n) is 12.7. The average Bonchev–Trinajstić information content (AvgIpc) is 3.63. The highest BCUT2D eigenvalue weighted by Crippen LogP contribution is 2.68. The second-order valence-electron chi connectivity index (χ2n) is 10.4. The van der Waals surface area contributed by atoms with Gasteiger partial charge in [-0.25, -0.2) is 0 Å². The molecule has 2 fully saturated rings. The zero-order chi connectivity index (χ0) is 25.5. The number of hydrogen-bond donors (Lipinski definition) is 2. The summed E-state index contributed by atoms with van der Waals surface area (Å²) in [5.41, 5.74) is 1.52. The van der Waals surface area contributed by atoms with E-state index >= 15 is 0 Å². The molecule has 186 valence electrons. The Balaban J connectivity index is 1.58. The van der Waals surface area contributed by atoms with E-state index in [0.29, 0.717) is 29.1 Å². The van der Waals surface area contributed by atoms with E-state index in [0.717, 1.165) is 29.7 Å². The Kier molecular flexibility index (Phi) is 4.52. The number of nitrogens with one attached hydrogen (secondary N) is 2. The molecule has 7 heteroatoms. The van der Waals surface area contributed by atoms with Crippen LogP contribution in [-0.4, -0.2) is 42.2 Å². The standard InChI is InChI=1S/C30H27N3O4/c1-17-8-5-12-21-25(17)32-28(36)30(21)29(20-11-3-4-13-22(20)31-27(29)35)24(23-14-7-15-33(23)30)26(34)18-9-6-10-19(16-18)37-2/h3-6,8-13,16,23-24H,7,14-15H2,1-2H3,(H,31,35)(H,32,36)/t23-,24-,29+,30+/m0/s1. The largest absolute Gasteiger partial charge is 0.497 e. The number of Topliss-reactive ketones (excluding diaryl/α,β-unsaturated/α-hetero) is 1. The molecule has 3 aromatic rings. The lowest BCUT2D eigenvalue weighted by Crippen LogP contribution is -2.62. The number of aryl methyl sites for hydroxylation is 1. The van der Waals surface area contributed by atoms with Gasteiger partial charge in [-0.15, -0.1) is 0 Å². The van der Waals surface area contributed by atoms with Gasteiger partial charge in [0, 0.05) is 28.5 Å². The summed E-state index contributed by atoms with van der Waals surface area (Å²) in [4.78, 5) is 45.6. The first-order chi connectivity index (χ1) is 18.0. The summed E-state index contributed by atoms with van der Waals surface area (Å²) in [6.07, 6.45) is 1.58. The van der Waals surface area contributed by atoms with E-state index in [1.54, 1.807) is 31.4 Å². The van der Waals surface area contributed by atoms with Gasteiger partial charge in [-0.2, -0.15) is 0 Å². The molecule has 0 bridgehead atoms. The van der Waals surface area contributed by atoms with Gasteiger partial charge in [-0.3, -0.25) is 19.3 Å². The number of methoxy groups -OCH3 is 1. The van der Waals surface area contributed by atoms with Crippen LogP contribution in [0.5, 0.6) is 5.75 Å². The van der Waals surface area contributed by atoms with Crippen LogP contribution in [0.25, 0.3) is 0 Å². The first kappa shape index (κ1) is 22.2. The van der Waals surface area contributed by atoms with Crippen molar-refractivity contribution in [3.8, 4) is 5.75 Å². The lowest BCUT2D eigenvalue weighted by molar-refractivity contribution is -0.137. The van der Waals surface area contributed by atoms with Crippen molar-refractivity contribution in [1.29, 1.82) is 0 Å². The molecule has 7 rings (SSSR count). The van der Waals surface area contributed by atoms with Gasteiger partial charge >= 0.3 is 0 Å². The van der Waals surface area contributed by atoms with E-state index in [4.69, 9.17) is 4.74 Å². The summed E-state index contributed by atoms with van der Waals surface area (Å²) < 4.78 is 5.41. The number of rotatable bonds is 3. The van der Waals surface area contributed by atoms with Gasteiger partial charge in [0.1, 0.15) is 16.7 Å². The van der Waals surface area contributed by atoms with Crippen molar-refractivity contribution in [2.45, 2.75) is 36.8 Å². The van der Waals surface area contributed by atoms with Crippen LogP contribution in [0.4, 0.5) is 11.4 Å². The molecule has 37 heavy (non-hydrogen) atoms. The predicted octanol–water partition coefficient (Wildman–Crippen LogP) is 4.02. The fraction of sp³-hybridized carbons (Fsp3) is 0.300. The zero-order valence-corrected chi connectivity index (χ0v) is 20.7. The molecule has 2 saturated heterocycles. The lowest BCUT2D eigenvalue weighted by Gasteiger charge is -2.43. The van der Waals surface area contributed by atoms with E-state index in [2.05, 4.69) is 15.5 Å². The molecular weight excluding hydrogens is 466 g/mol. The Morgan fingerprint density at radius 3 is 2.59 bits per heavy atom. The minimum absolute atomic E-state index is 0.145. The molecule has 0 aliphatic carbocycles. The first-order valence-corrected chi connectivity index (χ1v) is 12.7. The molecule has 3 aromatic carbocycles. The second-order valence-corrected chi connectivity index (χ2v) is 10.4. The average molecular weight is 494 g/mol. The van der Waals surface area contributed by atoms with Crippen molar-refractivity contribution in [3.05, 3.63) is 89.0 Å². The lowest BCUT2D eigenvalue weighted by atomic mass is 9.57. The van der Waals surface area contributed by atoms with Crippen molar-refractivity contribution in [2.75, 3.05) is 24.3 Å². The zero-order valence-electron chi connectivity index (χ0n) is 20.7. The summed E-state index contributed by atoms with van der Waals surface area (Å²) in [7, 11) is 1.57. The van der Waals surface area contributed by atoms with Gasteiger partial charge in [0.25, 0.3) is 5.91 Å². The summed E-state index contributed by atoms with van der Waals surface area (Å²) in [5, 5.41) is 6.21. The molecule has 4 aliphatic heterocycles. The summed E-state index contributed by atoms with van der Waals surface area (Å²) in [5.74, 6) is -0.867. The molecule has 4 aliphatic rings. The Morgan fingerprint density at radius 1 is 0.973 bits per heavy atom. The van der Waals surface area contributed by atoms with E-state index < -0.39 is 16.9 Å². The van der Waals surface area contributed by atoms with E-state index in [9.17, 15) is 14.4 Å². The molecule has 2 spiro atoms. The summed E-state index contributed by atoms with van der Waals surface area (Å²) in [6.45, 7) is 2.59. The Morgan fingerprint density at radius 2 is 1.76 bits per heavy atom. The van der Waals surface area contributed by atoms with Crippen molar-refractivity contribution < 1.29 is 19.1 Å². The maximum Gasteiger partial charge on any atom is 0.251 e. The van der Waals surface area contributed by atoms with Crippen LogP contribution in [0.1, 0.15) is 39.9 Å². The highest BCUT2D eigenvalue weighted by atomic mass is 16.5. The van der Waals surface area contributed by atoms with Crippen LogP contribution in [0.3, 0.4) is 0 Å². The van der Waals surface area contributed by atoms with Crippen molar-refractivity contribution in [3.63, 3.8) is 0 Å². The van der Waals surface area contributed by atoms with Gasteiger partial charge in [0.2, 0.25) is 5.91 Å². The molecule has 0 unspecified atom stereocenters. The number of benzene rings is 3. The van der Waals surface area contributed by atoms with Gasteiger partial charge < -0.3 is 15.4 Å². The van der Waals surface area contributed by atoms with Crippen LogP contribution in [0, 0.1) is 12.8 Å². The van der Waals surface area contributed by atoms with E-state index in [-0.39, 0.29) is 23.6 Å². The number of carbonyl (C=O) groups excluding carboxylic acids is 3. The van der Waals surface area contributed by atoms with E-state index in [1.807, 2.05) is 49.4 Å². The molecular formula is C30H27N3O4. The van der Waals surface area contributed by atoms with Crippen molar-refractivity contribution in [2.24, 2.45) is 5.92 Å². The van der Waals surface area contributed by atoms with Crippen molar-refractivity contribution >= 4 is 29.0 Å². The number of ketones is 1. The Bertz CT molecular complexity index is 1520. The number of amides is 2. The second kappa shape index (κ2) is 7.52. The normalized spacial score (nSPS) is 29.2. The fourth-order valence-corrected chi connectivity index (χ4v) is 7.71. The third-order valence-corrected chi connectivity index (χ3v) is 8.98. The summed E-state index contributed by atoms with van der Waals surface area (Å²) in [6, 6.07) is 20.2. The molecule has 0 radical (unpaired) electrons. The number of anilines is 2. The molecule has 0 aromatic heterocycles.